The van der Waals surface area contributed by atoms with E-state index in [-0.39, 0.29) is 12.7 Å². The average Bonchev–Trinajstić information content (AvgIpc) is 3.00. The number of esters is 1. The molecule has 0 saturated heterocycles. The molecule has 0 heterocycles. The fourth-order valence-electron chi connectivity index (χ4n) is 2.56. The summed E-state index contributed by atoms with van der Waals surface area (Å²) >= 11 is 0. The monoisotopic (exact) mass is 294 g/mol. The number of aliphatic hydroxyl groups is 1. The molecule has 0 spiro atoms. The van der Waals surface area contributed by atoms with E-state index in [1.165, 1.54) is 7.11 Å². The van der Waals surface area contributed by atoms with Crippen LogP contribution in [0.3, 0.4) is 0 Å². The summed E-state index contributed by atoms with van der Waals surface area (Å²) in [5.41, 5.74) is 0.389. The summed E-state index contributed by atoms with van der Waals surface area (Å²) in [6, 6.07) is 5.14. The van der Waals surface area contributed by atoms with Crippen molar-refractivity contribution in [3.8, 4) is 11.5 Å². The molecule has 1 N–H and O–H groups in total. The minimum atomic E-state index is -1.36. The van der Waals surface area contributed by atoms with Crippen molar-refractivity contribution in [3.63, 3.8) is 0 Å². The van der Waals surface area contributed by atoms with Gasteiger partial charge in [0.1, 0.15) is 0 Å². The number of carbonyl (C=O) groups excluding carboxylic acids is 1. The second-order valence-corrected chi connectivity index (χ2v) is 5.06. The number of hydrogen-bond donors (Lipinski definition) is 1. The Morgan fingerprint density at radius 1 is 1.38 bits per heavy atom. The molecular weight excluding hydrogens is 272 g/mol. The van der Waals surface area contributed by atoms with Crippen LogP contribution in [0.1, 0.15) is 44.3 Å². The van der Waals surface area contributed by atoms with Crippen LogP contribution in [0.15, 0.2) is 18.2 Å². The highest BCUT2D eigenvalue weighted by Crippen LogP contribution is 2.38. The standard InChI is InChI=1S/C16H22O5/c1-3-20-16(18)14(17)12-9-6-10-13(19-2)15(12)21-11-7-4-5-8-11/h6,9-11,14,17H,3-5,7-8H2,1-2H3. The number of carbonyl (C=O) groups is 1. The summed E-state index contributed by atoms with van der Waals surface area (Å²) in [6.07, 6.45) is 2.97. The quantitative estimate of drug-likeness (QED) is 0.817. The van der Waals surface area contributed by atoms with Crippen LogP contribution in [-0.4, -0.2) is 30.9 Å². The number of aliphatic hydroxyl groups excluding tert-OH is 1. The van der Waals surface area contributed by atoms with Crippen molar-refractivity contribution in [2.45, 2.75) is 44.8 Å². The van der Waals surface area contributed by atoms with E-state index in [0.717, 1.165) is 25.7 Å². The van der Waals surface area contributed by atoms with Crippen molar-refractivity contribution in [2.75, 3.05) is 13.7 Å². The molecular formula is C16H22O5. The van der Waals surface area contributed by atoms with Crippen molar-refractivity contribution >= 4 is 5.97 Å². The molecule has 5 heteroatoms. The normalized spacial score (nSPS) is 16.5. The van der Waals surface area contributed by atoms with Gasteiger partial charge in [0.15, 0.2) is 17.6 Å². The molecule has 1 aliphatic carbocycles. The summed E-state index contributed by atoms with van der Waals surface area (Å²) in [6.45, 7) is 1.92. The second-order valence-electron chi connectivity index (χ2n) is 5.06. The molecule has 2 rings (SSSR count). The van der Waals surface area contributed by atoms with E-state index in [1.807, 2.05) is 0 Å². The van der Waals surface area contributed by atoms with Gasteiger partial charge in [-0.3, -0.25) is 0 Å². The van der Waals surface area contributed by atoms with E-state index >= 15 is 0 Å². The topological polar surface area (TPSA) is 65.0 Å². The second kappa shape index (κ2) is 7.31. The molecule has 1 fully saturated rings. The molecule has 21 heavy (non-hydrogen) atoms. The highest BCUT2D eigenvalue weighted by atomic mass is 16.5. The lowest BCUT2D eigenvalue weighted by Crippen LogP contribution is -2.19. The van der Waals surface area contributed by atoms with Crippen molar-refractivity contribution in [1.29, 1.82) is 0 Å². The van der Waals surface area contributed by atoms with Crippen LogP contribution >= 0.6 is 0 Å². The average molecular weight is 294 g/mol. The maximum absolute atomic E-state index is 11.8. The van der Waals surface area contributed by atoms with Gasteiger partial charge in [-0.15, -0.1) is 0 Å². The SMILES string of the molecule is CCOC(=O)C(O)c1cccc(OC)c1OC1CCCC1. The van der Waals surface area contributed by atoms with Crippen LogP contribution in [0.5, 0.6) is 11.5 Å². The Morgan fingerprint density at radius 3 is 2.71 bits per heavy atom. The van der Waals surface area contributed by atoms with E-state index in [2.05, 4.69) is 0 Å². The third kappa shape index (κ3) is 3.67. The van der Waals surface area contributed by atoms with Crippen molar-refractivity contribution in [2.24, 2.45) is 0 Å². The molecule has 0 aromatic heterocycles. The first-order chi connectivity index (χ1) is 10.2. The Kier molecular flexibility index (Phi) is 5.44. The predicted octanol–water partition coefficient (Wildman–Crippen LogP) is 2.61. The van der Waals surface area contributed by atoms with Gasteiger partial charge in [0.25, 0.3) is 0 Å². The van der Waals surface area contributed by atoms with Crippen LogP contribution in [0.4, 0.5) is 0 Å². The largest absolute Gasteiger partial charge is 0.493 e. The van der Waals surface area contributed by atoms with Gasteiger partial charge < -0.3 is 19.3 Å². The van der Waals surface area contributed by atoms with Crippen LogP contribution in [-0.2, 0) is 9.53 Å². The third-order valence-corrected chi connectivity index (χ3v) is 3.62. The van der Waals surface area contributed by atoms with Gasteiger partial charge in [0.2, 0.25) is 0 Å². The number of hydrogen-bond acceptors (Lipinski definition) is 5. The molecule has 0 radical (unpaired) electrons. The lowest BCUT2D eigenvalue weighted by molar-refractivity contribution is -0.153. The van der Waals surface area contributed by atoms with Crippen molar-refractivity contribution in [3.05, 3.63) is 23.8 Å². The van der Waals surface area contributed by atoms with Gasteiger partial charge in [0, 0.05) is 5.56 Å². The highest BCUT2D eigenvalue weighted by molar-refractivity contribution is 5.77. The molecule has 0 amide bonds. The Bertz CT molecular complexity index is 480. The van der Waals surface area contributed by atoms with Gasteiger partial charge in [0.05, 0.1) is 19.8 Å². The molecule has 1 aromatic rings. The summed E-state index contributed by atoms with van der Waals surface area (Å²) in [5, 5.41) is 10.2. The first-order valence-electron chi connectivity index (χ1n) is 7.35. The first kappa shape index (κ1) is 15.6. The number of methoxy groups -OCH3 is 1. The lowest BCUT2D eigenvalue weighted by atomic mass is 10.1. The summed E-state index contributed by atoms with van der Waals surface area (Å²) in [7, 11) is 1.54. The number of rotatable bonds is 6. The number of para-hydroxylation sites is 1. The molecule has 0 bridgehead atoms. The van der Waals surface area contributed by atoms with Gasteiger partial charge >= 0.3 is 5.97 Å². The molecule has 116 valence electrons. The fraction of sp³-hybridized carbons (Fsp3) is 0.562. The fourth-order valence-corrected chi connectivity index (χ4v) is 2.56. The minimum absolute atomic E-state index is 0.106. The summed E-state index contributed by atoms with van der Waals surface area (Å²) in [5.74, 6) is 0.275. The number of ether oxygens (including phenoxy) is 3. The molecule has 1 atom stereocenters. The zero-order valence-corrected chi connectivity index (χ0v) is 12.5. The zero-order chi connectivity index (χ0) is 15.2. The maximum Gasteiger partial charge on any atom is 0.339 e. The maximum atomic E-state index is 11.8. The van der Waals surface area contributed by atoms with Gasteiger partial charge in [-0.05, 0) is 38.7 Å². The first-order valence-corrected chi connectivity index (χ1v) is 7.35. The summed E-state index contributed by atoms with van der Waals surface area (Å²) < 4.78 is 16.2. The molecule has 1 aliphatic rings. The van der Waals surface area contributed by atoms with Crippen LogP contribution in [0.25, 0.3) is 0 Å². The van der Waals surface area contributed by atoms with Crippen molar-refractivity contribution in [1.82, 2.24) is 0 Å². The van der Waals surface area contributed by atoms with Gasteiger partial charge in [-0.25, -0.2) is 4.79 Å². The Morgan fingerprint density at radius 2 is 2.10 bits per heavy atom. The third-order valence-electron chi connectivity index (χ3n) is 3.62. The number of benzene rings is 1. The Balaban J connectivity index is 2.28. The van der Waals surface area contributed by atoms with Crippen LogP contribution in [0, 0.1) is 0 Å². The van der Waals surface area contributed by atoms with E-state index in [0.29, 0.717) is 17.1 Å². The zero-order valence-electron chi connectivity index (χ0n) is 12.5. The van der Waals surface area contributed by atoms with Crippen LogP contribution in [0.2, 0.25) is 0 Å². The molecule has 1 saturated carbocycles. The van der Waals surface area contributed by atoms with Gasteiger partial charge in [-0.1, -0.05) is 12.1 Å². The van der Waals surface area contributed by atoms with E-state index in [1.54, 1.807) is 25.1 Å². The van der Waals surface area contributed by atoms with Crippen LogP contribution < -0.4 is 9.47 Å². The smallest absolute Gasteiger partial charge is 0.339 e. The van der Waals surface area contributed by atoms with E-state index in [4.69, 9.17) is 14.2 Å². The molecule has 1 unspecified atom stereocenters. The minimum Gasteiger partial charge on any atom is -0.493 e. The molecule has 0 aliphatic heterocycles. The van der Waals surface area contributed by atoms with E-state index in [9.17, 15) is 9.90 Å². The Labute approximate surface area is 124 Å². The Hall–Kier alpha value is -1.75. The van der Waals surface area contributed by atoms with E-state index < -0.39 is 12.1 Å². The van der Waals surface area contributed by atoms with Crippen molar-refractivity contribution < 1.29 is 24.1 Å². The lowest BCUT2D eigenvalue weighted by Gasteiger charge is -2.21. The van der Waals surface area contributed by atoms with Gasteiger partial charge in [-0.2, -0.15) is 0 Å². The highest BCUT2D eigenvalue weighted by Gasteiger charge is 2.27. The molecule has 1 aromatic carbocycles. The summed E-state index contributed by atoms with van der Waals surface area (Å²) in [4.78, 5) is 11.8. The molecule has 5 nitrogen and oxygen atoms in total. The predicted molar refractivity (Wildman–Crippen MR) is 77.5 cm³/mol.